The summed E-state index contributed by atoms with van der Waals surface area (Å²) in [6.45, 7) is 4.90. The van der Waals surface area contributed by atoms with E-state index in [2.05, 4.69) is 5.32 Å². The summed E-state index contributed by atoms with van der Waals surface area (Å²) < 4.78 is 0. The molecule has 1 saturated heterocycles. The molecule has 2 fully saturated rings. The Bertz CT molecular complexity index is 969. The van der Waals surface area contributed by atoms with Crippen LogP contribution in [0.15, 0.2) is 42.5 Å². The van der Waals surface area contributed by atoms with E-state index in [0.717, 1.165) is 41.5 Å². The maximum absolute atomic E-state index is 13.2. The number of imide groups is 1. The number of fused-ring (bicyclic) bond motifs is 1. The van der Waals surface area contributed by atoms with E-state index in [9.17, 15) is 14.4 Å². The van der Waals surface area contributed by atoms with Crippen molar-refractivity contribution >= 4 is 28.6 Å². The van der Waals surface area contributed by atoms with E-state index in [1.807, 2.05) is 49.4 Å². The van der Waals surface area contributed by atoms with Crippen molar-refractivity contribution in [3.8, 4) is 0 Å². The number of nitrogens with zero attached hydrogens (tertiary/aromatic N) is 2. The van der Waals surface area contributed by atoms with Gasteiger partial charge in [0.05, 0.1) is 0 Å². The van der Waals surface area contributed by atoms with Crippen molar-refractivity contribution in [3.63, 3.8) is 0 Å². The van der Waals surface area contributed by atoms with Gasteiger partial charge < -0.3 is 10.2 Å². The molecule has 2 aromatic carbocycles. The van der Waals surface area contributed by atoms with Gasteiger partial charge in [-0.05, 0) is 54.5 Å². The maximum atomic E-state index is 13.2. The van der Waals surface area contributed by atoms with Crippen LogP contribution in [0.4, 0.5) is 4.79 Å². The van der Waals surface area contributed by atoms with Gasteiger partial charge in [-0.25, -0.2) is 4.79 Å². The van der Waals surface area contributed by atoms with Gasteiger partial charge >= 0.3 is 6.03 Å². The summed E-state index contributed by atoms with van der Waals surface area (Å²) in [4.78, 5) is 41.5. The number of carbonyl (C=O) groups excluding carboxylic acids is 3. The zero-order chi connectivity index (χ0) is 20.6. The topological polar surface area (TPSA) is 69.7 Å². The first-order valence-corrected chi connectivity index (χ1v) is 10.3. The highest BCUT2D eigenvalue weighted by Crippen LogP contribution is 2.32. The molecule has 2 aliphatic rings. The molecule has 1 N–H and O–H groups in total. The zero-order valence-corrected chi connectivity index (χ0v) is 17.0. The van der Waals surface area contributed by atoms with Crippen LogP contribution in [0.25, 0.3) is 10.8 Å². The predicted octanol–water partition coefficient (Wildman–Crippen LogP) is 3.26. The SMILES string of the molecule is CCCN(CC1CC1)C(=O)CN1C(=O)N[C@@](C)(c2ccc3ccccc3c2)C1=O. The fourth-order valence-electron chi connectivity index (χ4n) is 3.97. The quantitative estimate of drug-likeness (QED) is 0.734. The van der Waals surface area contributed by atoms with E-state index in [4.69, 9.17) is 0 Å². The fourth-order valence-corrected chi connectivity index (χ4v) is 3.97. The molecule has 29 heavy (non-hydrogen) atoms. The lowest BCUT2D eigenvalue weighted by Gasteiger charge is -2.25. The Morgan fingerprint density at radius 2 is 1.90 bits per heavy atom. The van der Waals surface area contributed by atoms with Crippen LogP contribution in [-0.2, 0) is 15.1 Å². The molecule has 1 aliphatic carbocycles. The summed E-state index contributed by atoms with van der Waals surface area (Å²) in [5.41, 5.74) is -0.457. The third kappa shape index (κ3) is 3.71. The highest BCUT2D eigenvalue weighted by molar-refractivity contribution is 6.09. The molecule has 0 bridgehead atoms. The second-order valence-corrected chi connectivity index (χ2v) is 8.29. The first-order valence-electron chi connectivity index (χ1n) is 10.3. The van der Waals surface area contributed by atoms with Crippen LogP contribution >= 0.6 is 0 Å². The van der Waals surface area contributed by atoms with Gasteiger partial charge in [0.1, 0.15) is 12.1 Å². The molecule has 2 aromatic rings. The first-order chi connectivity index (χ1) is 13.9. The molecule has 6 heteroatoms. The number of hydrogen-bond acceptors (Lipinski definition) is 3. The summed E-state index contributed by atoms with van der Waals surface area (Å²) in [5, 5.41) is 4.88. The maximum Gasteiger partial charge on any atom is 0.325 e. The lowest BCUT2D eigenvalue weighted by molar-refractivity contribution is -0.139. The number of hydrogen-bond donors (Lipinski definition) is 1. The highest BCUT2D eigenvalue weighted by atomic mass is 16.2. The zero-order valence-electron chi connectivity index (χ0n) is 17.0. The Balaban J connectivity index is 1.54. The fraction of sp³-hybridized carbons (Fsp3) is 0.435. The van der Waals surface area contributed by atoms with Crippen molar-refractivity contribution in [1.29, 1.82) is 0 Å². The predicted molar refractivity (Wildman–Crippen MR) is 111 cm³/mol. The third-order valence-corrected chi connectivity index (χ3v) is 5.92. The summed E-state index contributed by atoms with van der Waals surface area (Å²) >= 11 is 0. The van der Waals surface area contributed by atoms with E-state index >= 15 is 0 Å². The van der Waals surface area contributed by atoms with Crippen LogP contribution in [0.2, 0.25) is 0 Å². The van der Waals surface area contributed by atoms with Gasteiger partial charge in [-0.2, -0.15) is 0 Å². The van der Waals surface area contributed by atoms with Gasteiger partial charge in [0.2, 0.25) is 5.91 Å². The van der Waals surface area contributed by atoms with Crippen molar-refractivity contribution in [3.05, 3.63) is 48.0 Å². The summed E-state index contributed by atoms with van der Waals surface area (Å²) in [6, 6.07) is 13.1. The van der Waals surface area contributed by atoms with Gasteiger partial charge in [0.25, 0.3) is 5.91 Å². The first kappa shape index (κ1) is 19.4. The number of amides is 4. The monoisotopic (exact) mass is 393 g/mol. The number of urea groups is 1. The number of benzene rings is 2. The molecule has 1 saturated carbocycles. The van der Waals surface area contributed by atoms with Crippen LogP contribution in [-0.4, -0.2) is 47.3 Å². The van der Waals surface area contributed by atoms with E-state index < -0.39 is 11.6 Å². The van der Waals surface area contributed by atoms with Crippen molar-refractivity contribution < 1.29 is 14.4 Å². The van der Waals surface area contributed by atoms with Crippen LogP contribution in [0.5, 0.6) is 0 Å². The molecule has 1 atom stereocenters. The lowest BCUT2D eigenvalue weighted by atomic mass is 9.90. The van der Waals surface area contributed by atoms with Gasteiger partial charge in [-0.15, -0.1) is 0 Å². The molecule has 0 radical (unpaired) electrons. The largest absolute Gasteiger partial charge is 0.341 e. The van der Waals surface area contributed by atoms with Crippen molar-refractivity contribution in [2.75, 3.05) is 19.6 Å². The Morgan fingerprint density at radius 3 is 2.59 bits per heavy atom. The average molecular weight is 393 g/mol. The molecule has 0 spiro atoms. The molecule has 0 aromatic heterocycles. The molecular formula is C23H27N3O3. The minimum absolute atomic E-state index is 0.162. The lowest BCUT2D eigenvalue weighted by Crippen LogP contribution is -2.45. The van der Waals surface area contributed by atoms with E-state index in [1.54, 1.807) is 11.8 Å². The molecule has 0 unspecified atom stereocenters. The van der Waals surface area contributed by atoms with Crippen LogP contribution in [0.3, 0.4) is 0 Å². The minimum Gasteiger partial charge on any atom is -0.341 e. The normalized spacial score (nSPS) is 21.5. The van der Waals surface area contributed by atoms with Gasteiger partial charge in [0.15, 0.2) is 0 Å². The Kier molecular flexibility index (Phi) is 5.03. The Labute approximate surface area is 170 Å². The van der Waals surface area contributed by atoms with Gasteiger partial charge in [0, 0.05) is 13.1 Å². The van der Waals surface area contributed by atoms with Crippen LogP contribution in [0.1, 0.15) is 38.7 Å². The van der Waals surface area contributed by atoms with E-state index in [1.165, 1.54) is 0 Å². The molecule has 152 valence electrons. The molecule has 1 aliphatic heterocycles. The van der Waals surface area contributed by atoms with E-state index in [-0.39, 0.29) is 18.4 Å². The smallest absolute Gasteiger partial charge is 0.325 e. The second kappa shape index (κ2) is 7.50. The Morgan fingerprint density at radius 1 is 1.17 bits per heavy atom. The Hall–Kier alpha value is -2.89. The van der Waals surface area contributed by atoms with Gasteiger partial charge in [-0.3, -0.25) is 14.5 Å². The minimum atomic E-state index is -1.17. The third-order valence-electron chi connectivity index (χ3n) is 5.92. The summed E-state index contributed by atoms with van der Waals surface area (Å²) in [7, 11) is 0. The van der Waals surface area contributed by atoms with E-state index in [0.29, 0.717) is 18.0 Å². The molecule has 4 amide bonds. The van der Waals surface area contributed by atoms with Crippen molar-refractivity contribution in [2.45, 2.75) is 38.6 Å². The summed E-state index contributed by atoms with van der Waals surface area (Å²) in [5.74, 6) is 0.0236. The molecule has 1 heterocycles. The second-order valence-electron chi connectivity index (χ2n) is 8.29. The highest BCUT2D eigenvalue weighted by Gasteiger charge is 2.49. The van der Waals surface area contributed by atoms with Crippen LogP contribution < -0.4 is 5.32 Å². The van der Waals surface area contributed by atoms with Crippen molar-refractivity contribution in [1.82, 2.24) is 15.1 Å². The number of rotatable bonds is 7. The molecular weight excluding hydrogens is 366 g/mol. The van der Waals surface area contributed by atoms with Crippen LogP contribution in [0, 0.1) is 5.92 Å². The summed E-state index contributed by atoms with van der Waals surface area (Å²) in [6.07, 6.45) is 3.15. The molecule has 6 nitrogen and oxygen atoms in total. The average Bonchev–Trinajstić information content (AvgIpc) is 3.51. The van der Waals surface area contributed by atoms with Crippen molar-refractivity contribution in [2.24, 2.45) is 5.92 Å². The molecule has 4 rings (SSSR count). The number of carbonyl (C=O) groups is 3. The standard InChI is InChI=1S/C23H27N3O3/c1-3-12-25(14-16-8-9-16)20(27)15-26-21(28)23(2,24-22(26)29)19-11-10-17-6-4-5-7-18(17)13-19/h4-7,10-11,13,16H,3,8-9,12,14-15H2,1-2H3,(H,24,29)/t23-/m0/s1. The number of nitrogens with one attached hydrogen (secondary N) is 1. The van der Waals surface area contributed by atoms with Gasteiger partial charge in [-0.1, -0.05) is 43.3 Å².